The first-order valence-electron chi connectivity index (χ1n) is 5.09. The van der Waals surface area contributed by atoms with Crippen LogP contribution in [0, 0.1) is 6.92 Å². The van der Waals surface area contributed by atoms with E-state index in [1.807, 2.05) is 12.1 Å². The predicted octanol–water partition coefficient (Wildman–Crippen LogP) is 2.03. The summed E-state index contributed by atoms with van der Waals surface area (Å²) < 4.78 is 0. The van der Waals surface area contributed by atoms with E-state index in [0.29, 0.717) is 23.7 Å². The van der Waals surface area contributed by atoms with Gasteiger partial charge in [-0.3, -0.25) is 4.98 Å². The van der Waals surface area contributed by atoms with Crippen LogP contribution in [0.3, 0.4) is 0 Å². The van der Waals surface area contributed by atoms with Crippen LogP contribution in [0.25, 0.3) is 0 Å². The summed E-state index contributed by atoms with van der Waals surface area (Å²) in [7, 11) is 0. The highest BCUT2D eigenvalue weighted by Crippen LogP contribution is 2.20. The van der Waals surface area contributed by atoms with Crippen molar-refractivity contribution in [1.29, 1.82) is 0 Å². The third kappa shape index (κ3) is 2.82. The highest BCUT2D eigenvalue weighted by molar-refractivity contribution is 6.28. The van der Waals surface area contributed by atoms with Crippen LogP contribution in [-0.2, 0) is 6.54 Å². The summed E-state index contributed by atoms with van der Waals surface area (Å²) in [5.41, 5.74) is 8.13. The van der Waals surface area contributed by atoms with Gasteiger partial charge in [-0.1, -0.05) is 0 Å². The van der Waals surface area contributed by atoms with Crippen molar-refractivity contribution in [3.05, 3.63) is 41.1 Å². The molecule has 0 radical (unpaired) electrons. The van der Waals surface area contributed by atoms with Crippen molar-refractivity contribution in [1.82, 2.24) is 15.0 Å². The second-order valence-corrected chi connectivity index (χ2v) is 3.89. The van der Waals surface area contributed by atoms with Gasteiger partial charge >= 0.3 is 0 Å². The van der Waals surface area contributed by atoms with Crippen LogP contribution in [0.5, 0.6) is 0 Å². The van der Waals surface area contributed by atoms with E-state index >= 15 is 0 Å². The van der Waals surface area contributed by atoms with E-state index in [4.69, 9.17) is 17.3 Å². The molecule has 0 spiro atoms. The molecule has 0 bridgehead atoms. The van der Waals surface area contributed by atoms with E-state index in [0.717, 1.165) is 5.56 Å². The number of aromatic nitrogens is 3. The number of aryl methyl sites for hydroxylation is 1. The van der Waals surface area contributed by atoms with E-state index in [1.165, 1.54) is 0 Å². The number of hydrogen-bond donors (Lipinski definition) is 2. The van der Waals surface area contributed by atoms with Crippen LogP contribution in [0.15, 0.2) is 24.5 Å². The lowest BCUT2D eigenvalue weighted by Gasteiger charge is -2.09. The summed E-state index contributed by atoms with van der Waals surface area (Å²) in [4.78, 5) is 12.0. The molecule has 6 heteroatoms. The number of nitrogens with one attached hydrogen (secondary N) is 1. The van der Waals surface area contributed by atoms with Crippen molar-refractivity contribution in [3.63, 3.8) is 0 Å². The van der Waals surface area contributed by atoms with Crippen LogP contribution in [0.2, 0.25) is 5.28 Å². The highest BCUT2D eigenvalue weighted by atomic mass is 35.5. The number of hydrogen-bond acceptors (Lipinski definition) is 5. The van der Waals surface area contributed by atoms with E-state index in [-0.39, 0.29) is 5.28 Å². The smallest absolute Gasteiger partial charge is 0.224 e. The number of nitrogens with two attached hydrogens (primary N) is 1. The Morgan fingerprint density at radius 3 is 2.71 bits per heavy atom. The molecule has 0 fully saturated rings. The summed E-state index contributed by atoms with van der Waals surface area (Å²) in [6.45, 7) is 2.40. The van der Waals surface area contributed by atoms with Crippen LogP contribution >= 0.6 is 11.6 Å². The third-order valence-corrected chi connectivity index (χ3v) is 2.49. The first kappa shape index (κ1) is 11.6. The first-order valence-corrected chi connectivity index (χ1v) is 5.47. The largest absolute Gasteiger partial charge is 0.394 e. The quantitative estimate of drug-likeness (QED) is 0.814. The molecule has 0 aliphatic heterocycles. The van der Waals surface area contributed by atoms with E-state index in [2.05, 4.69) is 20.3 Å². The number of nitrogens with zero attached hydrogens (tertiary/aromatic N) is 3. The topological polar surface area (TPSA) is 76.7 Å². The lowest BCUT2D eigenvalue weighted by Crippen LogP contribution is -2.07. The SMILES string of the molecule is Cc1nc(Cl)nc(NCc2ccncc2)c1N. The molecular weight excluding hydrogens is 238 g/mol. The van der Waals surface area contributed by atoms with Gasteiger partial charge in [-0.15, -0.1) is 0 Å². The molecule has 0 saturated heterocycles. The van der Waals surface area contributed by atoms with Crippen LogP contribution < -0.4 is 11.1 Å². The molecule has 0 aliphatic rings. The molecule has 2 rings (SSSR count). The molecule has 0 atom stereocenters. The summed E-state index contributed by atoms with van der Waals surface area (Å²) in [6, 6.07) is 3.83. The molecule has 2 heterocycles. The molecule has 0 amide bonds. The summed E-state index contributed by atoms with van der Waals surface area (Å²) in [5.74, 6) is 0.555. The van der Waals surface area contributed by atoms with Gasteiger partial charge in [0.1, 0.15) is 0 Å². The maximum Gasteiger partial charge on any atom is 0.224 e. The van der Waals surface area contributed by atoms with Gasteiger partial charge in [-0.25, -0.2) is 4.98 Å². The Hall–Kier alpha value is -1.88. The molecule has 0 saturated carbocycles. The van der Waals surface area contributed by atoms with Gasteiger partial charge in [0.15, 0.2) is 5.82 Å². The van der Waals surface area contributed by atoms with Crippen LogP contribution in [0.1, 0.15) is 11.3 Å². The molecule has 88 valence electrons. The number of anilines is 2. The molecular formula is C11H12ClN5. The fourth-order valence-electron chi connectivity index (χ4n) is 1.37. The minimum atomic E-state index is 0.189. The zero-order valence-electron chi connectivity index (χ0n) is 9.31. The molecule has 0 unspecified atom stereocenters. The average Bonchev–Trinajstić information content (AvgIpc) is 2.33. The Morgan fingerprint density at radius 1 is 1.29 bits per heavy atom. The van der Waals surface area contributed by atoms with Crippen LogP contribution in [-0.4, -0.2) is 15.0 Å². The van der Waals surface area contributed by atoms with E-state index in [9.17, 15) is 0 Å². The van der Waals surface area contributed by atoms with Crippen molar-refractivity contribution < 1.29 is 0 Å². The second-order valence-electron chi connectivity index (χ2n) is 3.55. The van der Waals surface area contributed by atoms with E-state index in [1.54, 1.807) is 19.3 Å². The van der Waals surface area contributed by atoms with Gasteiger partial charge in [-0.2, -0.15) is 4.98 Å². The highest BCUT2D eigenvalue weighted by Gasteiger charge is 2.07. The van der Waals surface area contributed by atoms with Gasteiger partial charge in [0.25, 0.3) is 0 Å². The molecule has 3 N–H and O–H groups in total. The van der Waals surface area contributed by atoms with Gasteiger partial charge < -0.3 is 11.1 Å². The molecule has 2 aromatic rings. The van der Waals surface area contributed by atoms with E-state index < -0.39 is 0 Å². The third-order valence-electron chi connectivity index (χ3n) is 2.32. The van der Waals surface area contributed by atoms with Crippen molar-refractivity contribution in [2.75, 3.05) is 11.1 Å². The van der Waals surface area contributed by atoms with Crippen molar-refractivity contribution >= 4 is 23.1 Å². The normalized spacial score (nSPS) is 10.2. The number of rotatable bonds is 3. The number of nitrogen functional groups attached to an aromatic ring is 1. The Morgan fingerprint density at radius 2 is 2.00 bits per heavy atom. The standard InChI is InChI=1S/C11H12ClN5/c1-7-9(13)10(17-11(12)16-7)15-6-8-2-4-14-5-3-8/h2-5H,6,13H2,1H3,(H,15,16,17). The fourth-order valence-corrected chi connectivity index (χ4v) is 1.58. The molecule has 0 aliphatic carbocycles. The minimum Gasteiger partial charge on any atom is -0.394 e. The van der Waals surface area contributed by atoms with Gasteiger partial charge in [0, 0.05) is 18.9 Å². The maximum absolute atomic E-state index is 5.86. The Balaban J connectivity index is 2.14. The van der Waals surface area contributed by atoms with Crippen molar-refractivity contribution in [2.45, 2.75) is 13.5 Å². The first-order chi connectivity index (χ1) is 8.16. The molecule has 17 heavy (non-hydrogen) atoms. The summed E-state index contributed by atoms with van der Waals surface area (Å²) in [6.07, 6.45) is 3.47. The zero-order valence-corrected chi connectivity index (χ0v) is 10.1. The monoisotopic (exact) mass is 249 g/mol. The lowest BCUT2D eigenvalue weighted by molar-refractivity contribution is 1.05. The van der Waals surface area contributed by atoms with Crippen molar-refractivity contribution in [3.8, 4) is 0 Å². The van der Waals surface area contributed by atoms with Gasteiger partial charge in [0.2, 0.25) is 5.28 Å². The summed E-state index contributed by atoms with van der Waals surface area (Å²) in [5, 5.41) is 3.31. The minimum absolute atomic E-state index is 0.189. The Labute approximate surface area is 104 Å². The van der Waals surface area contributed by atoms with Crippen LogP contribution in [0.4, 0.5) is 11.5 Å². The molecule has 2 aromatic heterocycles. The van der Waals surface area contributed by atoms with Crippen molar-refractivity contribution in [2.24, 2.45) is 0 Å². The molecule has 0 aromatic carbocycles. The average molecular weight is 250 g/mol. The molecule has 5 nitrogen and oxygen atoms in total. The lowest BCUT2D eigenvalue weighted by atomic mass is 10.2. The second kappa shape index (κ2) is 4.97. The van der Waals surface area contributed by atoms with Gasteiger partial charge in [0.05, 0.1) is 11.4 Å². The number of pyridine rings is 1. The van der Waals surface area contributed by atoms with Gasteiger partial charge in [-0.05, 0) is 36.2 Å². The number of halogens is 1. The Bertz CT molecular complexity index is 515. The zero-order chi connectivity index (χ0) is 12.3. The summed E-state index contributed by atoms with van der Waals surface area (Å²) >= 11 is 5.78. The maximum atomic E-state index is 5.86. The fraction of sp³-hybridized carbons (Fsp3) is 0.182. The Kier molecular flexibility index (Phi) is 3.39. The predicted molar refractivity (Wildman–Crippen MR) is 67.8 cm³/mol.